The highest BCUT2D eigenvalue weighted by atomic mass is 16.6. The largest absolute Gasteiger partial charge is 0.469 e. The van der Waals surface area contributed by atoms with E-state index in [-0.39, 0.29) is 18.6 Å². The molecule has 0 spiro atoms. The Bertz CT molecular complexity index is 261. The minimum atomic E-state index is -0.618. The lowest BCUT2D eigenvalue weighted by Crippen LogP contribution is -2.24. The number of nitrogens with zero attached hydrogens (tertiary/aromatic N) is 1. The molecule has 2 N–H and O–H groups in total. The second-order valence-corrected chi connectivity index (χ2v) is 2.61. The van der Waals surface area contributed by atoms with Crippen LogP contribution in [0.1, 0.15) is 12.8 Å². The first-order valence-electron chi connectivity index (χ1n) is 3.72. The molecule has 0 fully saturated rings. The number of carbonyl (C=O) groups is 2. The molecule has 0 aliphatic carbocycles. The Balaban J connectivity index is 2.37. The van der Waals surface area contributed by atoms with Crippen LogP contribution in [0.25, 0.3) is 0 Å². The minimum absolute atomic E-state index is 0.0801. The van der Waals surface area contributed by atoms with Crippen LogP contribution in [0.2, 0.25) is 0 Å². The predicted molar refractivity (Wildman–Crippen MR) is 42.8 cm³/mol. The van der Waals surface area contributed by atoms with Gasteiger partial charge in [-0.25, -0.2) is 0 Å². The number of amides is 1. The first kappa shape index (κ1) is 9.50. The van der Waals surface area contributed by atoms with Crippen LogP contribution in [0.15, 0.2) is 5.16 Å². The predicted octanol–water partition coefficient (Wildman–Crippen LogP) is -0.820. The second-order valence-electron chi connectivity index (χ2n) is 2.61. The third kappa shape index (κ3) is 2.43. The zero-order valence-corrected chi connectivity index (χ0v) is 7.15. The molecule has 0 aromatic rings. The van der Waals surface area contributed by atoms with Crippen molar-refractivity contribution in [1.29, 1.82) is 0 Å². The average Bonchev–Trinajstić information content (AvgIpc) is 2.52. The van der Waals surface area contributed by atoms with E-state index in [1.54, 1.807) is 0 Å². The number of primary amides is 1. The van der Waals surface area contributed by atoms with Gasteiger partial charge in [0.05, 0.1) is 13.5 Å². The molecule has 1 atom stereocenters. The number of rotatable bonds is 3. The van der Waals surface area contributed by atoms with Crippen LogP contribution in [0, 0.1) is 0 Å². The molecular weight excluding hydrogens is 176 g/mol. The molecule has 0 aromatic carbocycles. The molecule has 6 heteroatoms. The molecule has 0 saturated carbocycles. The molecule has 13 heavy (non-hydrogen) atoms. The summed E-state index contributed by atoms with van der Waals surface area (Å²) in [6.45, 7) is 0. The summed E-state index contributed by atoms with van der Waals surface area (Å²) in [5, 5.41) is 3.44. The van der Waals surface area contributed by atoms with Crippen LogP contribution in [-0.2, 0) is 19.2 Å². The highest BCUT2D eigenvalue weighted by Gasteiger charge is 2.26. The number of ether oxygens (including phenoxy) is 1. The molecule has 0 saturated heterocycles. The van der Waals surface area contributed by atoms with Gasteiger partial charge in [-0.3, -0.25) is 9.59 Å². The first-order chi connectivity index (χ1) is 6.13. The van der Waals surface area contributed by atoms with E-state index in [0.717, 1.165) is 0 Å². The van der Waals surface area contributed by atoms with Crippen molar-refractivity contribution in [3.63, 3.8) is 0 Å². The number of esters is 1. The van der Waals surface area contributed by atoms with Gasteiger partial charge < -0.3 is 15.3 Å². The van der Waals surface area contributed by atoms with Gasteiger partial charge in [-0.2, -0.15) is 0 Å². The maximum atomic E-state index is 10.8. The lowest BCUT2D eigenvalue weighted by molar-refractivity contribution is -0.143. The molecule has 1 amide bonds. The molecule has 1 unspecified atom stereocenters. The highest BCUT2D eigenvalue weighted by Crippen LogP contribution is 2.13. The molecule has 0 aromatic heterocycles. The van der Waals surface area contributed by atoms with Crippen LogP contribution in [0.4, 0.5) is 0 Å². The molecule has 0 bridgehead atoms. The fraction of sp³-hybridized carbons (Fsp3) is 0.571. The molecule has 1 aliphatic heterocycles. The quantitative estimate of drug-likeness (QED) is 0.583. The fourth-order valence-electron chi connectivity index (χ4n) is 0.953. The van der Waals surface area contributed by atoms with Crippen LogP contribution < -0.4 is 5.73 Å². The van der Waals surface area contributed by atoms with E-state index in [2.05, 4.69) is 9.89 Å². The van der Waals surface area contributed by atoms with Gasteiger partial charge in [-0.15, -0.1) is 0 Å². The van der Waals surface area contributed by atoms with Gasteiger partial charge >= 0.3 is 5.97 Å². The van der Waals surface area contributed by atoms with Crippen molar-refractivity contribution in [2.24, 2.45) is 10.9 Å². The van der Waals surface area contributed by atoms with Gasteiger partial charge in [-0.1, -0.05) is 5.16 Å². The highest BCUT2D eigenvalue weighted by molar-refractivity contribution is 6.38. The third-order valence-corrected chi connectivity index (χ3v) is 1.64. The molecule has 1 aliphatic rings. The lowest BCUT2D eigenvalue weighted by Gasteiger charge is -2.04. The monoisotopic (exact) mass is 186 g/mol. The molecule has 1 rings (SSSR count). The summed E-state index contributed by atoms with van der Waals surface area (Å²) in [7, 11) is 1.28. The van der Waals surface area contributed by atoms with Gasteiger partial charge in [-0.05, 0) is 0 Å². The SMILES string of the molecule is COC(=O)CC1CC(C(N)=O)=NO1. The Hall–Kier alpha value is -1.59. The lowest BCUT2D eigenvalue weighted by atomic mass is 10.1. The van der Waals surface area contributed by atoms with Crippen molar-refractivity contribution < 1.29 is 19.2 Å². The van der Waals surface area contributed by atoms with E-state index in [4.69, 9.17) is 10.6 Å². The smallest absolute Gasteiger partial charge is 0.309 e. The van der Waals surface area contributed by atoms with Gasteiger partial charge in [0.2, 0.25) is 0 Å². The Morgan fingerprint density at radius 2 is 2.46 bits per heavy atom. The van der Waals surface area contributed by atoms with Crippen molar-refractivity contribution in [3.8, 4) is 0 Å². The van der Waals surface area contributed by atoms with Crippen molar-refractivity contribution in [2.75, 3.05) is 7.11 Å². The zero-order chi connectivity index (χ0) is 9.84. The number of nitrogens with two attached hydrogens (primary N) is 1. The van der Waals surface area contributed by atoms with E-state index >= 15 is 0 Å². The molecular formula is C7H10N2O4. The Labute approximate surface area is 74.7 Å². The van der Waals surface area contributed by atoms with Crippen molar-refractivity contribution in [3.05, 3.63) is 0 Å². The van der Waals surface area contributed by atoms with Crippen LogP contribution in [0.5, 0.6) is 0 Å². The number of hydrogen-bond acceptors (Lipinski definition) is 5. The average molecular weight is 186 g/mol. The number of oxime groups is 1. The Morgan fingerprint density at radius 3 is 2.92 bits per heavy atom. The normalized spacial score (nSPS) is 20.4. The van der Waals surface area contributed by atoms with Crippen LogP contribution in [-0.4, -0.2) is 30.8 Å². The molecule has 0 radical (unpaired) electrons. The summed E-state index contributed by atoms with van der Waals surface area (Å²) in [6.07, 6.45) is -0.0729. The summed E-state index contributed by atoms with van der Waals surface area (Å²) < 4.78 is 4.42. The number of carbonyl (C=O) groups excluding carboxylic acids is 2. The topological polar surface area (TPSA) is 91.0 Å². The van der Waals surface area contributed by atoms with Crippen LogP contribution >= 0.6 is 0 Å². The second kappa shape index (κ2) is 3.88. The van der Waals surface area contributed by atoms with Crippen molar-refractivity contribution in [2.45, 2.75) is 18.9 Å². The number of methoxy groups -OCH3 is 1. The summed E-state index contributed by atoms with van der Waals surface area (Å²) >= 11 is 0. The van der Waals surface area contributed by atoms with E-state index in [1.165, 1.54) is 7.11 Å². The van der Waals surface area contributed by atoms with E-state index in [0.29, 0.717) is 0 Å². The standard InChI is InChI=1S/C7H10N2O4/c1-12-6(10)3-4-2-5(7(8)11)9-13-4/h4H,2-3H2,1H3,(H2,8,11). The van der Waals surface area contributed by atoms with Gasteiger partial charge in [0.15, 0.2) is 0 Å². The van der Waals surface area contributed by atoms with Gasteiger partial charge in [0, 0.05) is 6.42 Å². The number of hydrogen-bond donors (Lipinski definition) is 1. The molecule has 72 valence electrons. The van der Waals surface area contributed by atoms with Crippen molar-refractivity contribution in [1.82, 2.24) is 0 Å². The third-order valence-electron chi connectivity index (χ3n) is 1.64. The van der Waals surface area contributed by atoms with Crippen LogP contribution in [0.3, 0.4) is 0 Å². The minimum Gasteiger partial charge on any atom is -0.469 e. The maximum absolute atomic E-state index is 10.8. The summed E-state index contributed by atoms with van der Waals surface area (Å²) in [5.41, 5.74) is 5.12. The summed E-state index contributed by atoms with van der Waals surface area (Å²) in [6, 6.07) is 0. The molecule has 1 heterocycles. The van der Waals surface area contributed by atoms with E-state index in [1.807, 2.05) is 0 Å². The van der Waals surface area contributed by atoms with E-state index < -0.39 is 18.0 Å². The van der Waals surface area contributed by atoms with Gasteiger partial charge in [0.1, 0.15) is 11.8 Å². The molecule has 6 nitrogen and oxygen atoms in total. The zero-order valence-electron chi connectivity index (χ0n) is 7.15. The summed E-state index contributed by atoms with van der Waals surface area (Å²) in [4.78, 5) is 26.2. The first-order valence-corrected chi connectivity index (χ1v) is 3.72. The summed E-state index contributed by atoms with van der Waals surface area (Å²) in [5.74, 6) is -1.02. The van der Waals surface area contributed by atoms with Gasteiger partial charge in [0.25, 0.3) is 5.91 Å². The maximum Gasteiger partial charge on any atom is 0.309 e. The Morgan fingerprint density at radius 1 is 1.77 bits per heavy atom. The fourth-order valence-corrected chi connectivity index (χ4v) is 0.953. The Kier molecular flexibility index (Phi) is 2.84. The van der Waals surface area contributed by atoms with Crippen molar-refractivity contribution >= 4 is 17.6 Å². The van der Waals surface area contributed by atoms with E-state index in [9.17, 15) is 9.59 Å².